The van der Waals surface area contributed by atoms with Crippen molar-refractivity contribution in [1.82, 2.24) is 9.80 Å². The van der Waals surface area contributed by atoms with Gasteiger partial charge in [0.05, 0.1) is 28.3 Å². The molecule has 1 atom stereocenters. The van der Waals surface area contributed by atoms with Crippen molar-refractivity contribution in [3.63, 3.8) is 0 Å². The first-order valence-electron chi connectivity index (χ1n) is 9.58. The third-order valence-corrected chi connectivity index (χ3v) is 5.46. The first-order valence-corrected chi connectivity index (χ1v) is 9.58. The lowest BCUT2D eigenvalue weighted by Gasteiger charge is -2.24. The minimum Gasteiger partial charge on any atom is -0.270 e. The average molecular weight is 406 g/mol. The monoisotopic (exact) mass is 406 g/mol. The molecule has 0 radical (unpaired) electrons. The summed E-state index contributed by atoms with van der Waals surface area (Å²) in [4.78, 5) is 52.1. The highest BCUT2D eigenvalue weighted by atomic mass is 19.1. The highest BCUT2D eigenvalue weighted by Crippen LogP contribution is 2.28. The molecule has 2 aliphatic rings. The van der Waals surface area contributed by atoms with Crippen LogP contribution in [0, 0.1) is 0 Å². The number of amides is 4. The number of halogens is 1. The number of rotatable bonds is 7. The van der Waals surface area contributed by atoms with E-state index in [4.69, 9.17) is 0 Å². The van der Waals surface area contributed by atoms with Crippen molar-refractivity contribution in [2.24, 2.45) is 0 Å². The molecule has 152 valence electrons. The van der Waals surface area contributed by atoms with Gasteiger partial charge in [0.2, 0.25) is 0 Å². The van der Waals surface area contributed by atoms with E-state index >= 15 is 0 Å². The molecule has 4 amide bonds. The summed E-state index contributed by atoms with van der Waals surface area (Å²) in [5, 5.41) is 0. The number of fused-ring (bicyclic) bond motifs is 2. The summed E-state index contributed by atoms with van der Waals surface area (Å²) in [5.74, 6) is -1.80. The van der Waals surface area contributed by atoms with Gasteiger partial charge in [-0.15, -0.1) is 0 Å². The molecule has 2 aromatic rings. The van der Waals surface area contributed by atoms with Gasteiger partial charge in [0.1, 0.15) is 6.67 Å². The van der Waals surface area contributed by atoms with Crippen LogP contribution in [-0.2, 0) is 0 Å². The van der Waals surface area contributed by atoms with Crippen LogP contribution in [0.4, 0.5) is 4.39 Å². The third kappa shape index (κ3) is 3.12. The Morgan fingerprint density at radius 1 is 0.800 bits per heavy atom. The first-order chi connectivity index (χ1) is 14.4. The van der Waals surface area contributed by atoms with Crippen LogP contribution in [0.25, 0.3) is 0 Å². The Morgan fingerprint density at radius 3 is 1.67 bits per heavy atom. The van der Waals surface area contributed by atoms with Gasteiger partial charge in [0.25, 0.3) is 23.6 Å². The van der Waals surface area contributed by atoms with Crippen molar-refractivity contribution < 1.29 is 23.6 Å². The standard InChI is InChI=1S/C23H19FN2O4/c1-14(13-25-20(27)16-6-2-3-7-17(16)21(25)28)10-11-15(12-24)26-22(29)18-8-4-5-9-19(18)23(26)30/h2-9,15H,1,10-13H2. The maximum atomic E-state index is 13.7. The number of benzene rings is 2. The Kier molecular flexibility index (Phi) is 5.03. The van der Waals surface area contributed by atoms with Crippen LogP contribution < -0.4 is 0 Å². The fourth-order valence-corrected chi connectivity index (χ4v) is 3.87. The molecule has 0 saturated carbocycles. The summed E-state index contributed by atoms with van der Waals surface area (Å²) in [6.07, 6.45) is 0.416. The van der Waals surface area contributed by atoms with Gasteiger partial charge in [0.15, 0.2) is 0 Å². The molecule has 0 saturated heterocycles. The fraction of sp³-hybridized carbons (Fsp3) is 0.217. The largest absolute Gasteiger partial charge is 0.270 e. The predicted molar refractivity (Wildman–Crippen MR) is 107 cm³/mol. The molecule has 0 aliphatic carbocycles. The second-order valence-corrected chi connectivity index (χ2v) is 7.36. The Morgan fingerprint density at radius 2 is 1.23 bits per heavy atom. The number of hydrogen-bond donors (Lipinski definition) is 0. The quantitative estimate of drug-likeness (QED) is 0.523. The summed E-state index contributed by atoms with van der Waals surface area (Å²) in [6.45, 7) is 3.03. The van der Waals surface area contributed by atoms with E-state index in [9.17, 15) is 23.6 Å². The number of carbonyl (C=O) groups is 4. The normalized spacial score (nSPS) is 16.2. The lowest BCUT2D eigenvalue weighted by Crippen LogP contribution is -2.41. The molecule has 2 aromatic carbocycles. The topological polar surface area (TPSA) is 74.8 Å². The molecule has 6 nitrogen and oxygen atoms in total. The van der Waals surface area contributed by atoms with E-state index in [0.717, 1.165) is 9.80 Å². The van der Waals surface area contributed by atoms with Crippen LogP contribution in [0.1, 0.15) is 54.3 Å². The van der Waals surface area contributed by atoms with Crippen molar-refractivity contribution in [1.29, 1.82) is 0 Å². The Labute approximate surface area is 172 Å². The SMILES string of the molecule is C=C(CCC(CF)N1C(=O)c2ccccc2C1=O)CN1C(=O)c2ccccc2C1=O. The molecule has 2 aliphatic heterocycles. The van der Waals surface area contributed by atoms with Gasteiger partial charge < -0.3 is 0 Å². The van der Waals surface area contributed by atoms with Crippen molar-refractivity contribution in [3.05, 3.63) is 82.9 Å². The molecule has 30 heavy (non-hydrogen) atoms. The van der Waals surface area contributed by atoms with Crippen LogP contribution >= 0.6 is 0 Å². The van der Waals surface area contributed by atoms with E-state index in [1.165, 1.54) is 0 Å². The number of alkyl halides is 1. The summed E-state index contributed by atoms with van der Waals surface area (Å²) in [5.41, 5.74) is 1.78. The molecular formula is C23H19FN2O4. The van der Waals surface area contributed by atoms with Gasteiger partial charge in [-0.05, 0) is 37.1 Å². The molecule has 0 aromatic heterocycles. The zero-order valence-corrected chi connectivity index (χ0v) is 16.1. The maximum absolute atomic E-state index is 13.7. The Balaban J connectivity index is 1.40. The van der Waals surface area contributed by atoms with E-state index in [-0.39, 0.29) is 42.3 Å². The lowest BCUT2D eigenvalue weighted by molar-refractivity contribution is 0.0550. The van der Waals surface area contributed by atoms with E-state index in [1.807, 2.05) is 0 Å². The van der Waals surface area contributed by atoms with Crippen LogP contribution in [0.15, 0.2) is 60.7 Å². The van der Waals surface area contributed by atoms with E-state index < -0.39 is 24.5 Å². The smallest absolute Gasteiger partial charge is 0.261 e. The first kappa shape index (κ1) is 19.7. The zero-order valence-electron chi connectivity index (χ0n) is 16.1. The predicted octanol–water partition coefficient (Wildman–Crippen LogP) is 3.25. The van der Waals surface area contributed by atoms with Gasteiger partial charge in [0, 0.05) is 6.54 Å². The summed E-state index contributed by atoms with van der Waals surface area (Å²) in [7, 11) is 0. The molecule has 0 fully saturated rings. The molecule has 2 heterocycles. The molecule has 0 bridgehead atoms. The molecular weight excluding hydrogens is 387 g/mol. The summed E-state index contributed by atoms with van der Waals surface area (Å²) >= 11 is 0. The fourth-order valence-electron chi connectivity index (χ4n) is 3.87. The van der Waals surface area contributed by atoms with Crippen molar-refractivity contribution in [3.8, 4) is 0 Å². The van der Waals surface area contributed by atoms with Crippen LogP contribution in [-0.4, -0.2) is 52.7 Å². The van der Waals surface area contributed by atoms with Crippen LogP contribution in [0.2, 0.25) is 0 Å². The second kappa shape index (κ2) is 7.67. The van der Waals surface area contributed by atoms with Gasteiger partial charge in [-0.1, -0.05) is 36.4 Å². The number of hydrogen-bond acceptors (Lipinski definition) is 4. The zero-order chi connectivity index (χ0) is 21.4. The van der Waals surface area contributed by atoms with Crippen molar-refractivity contribution in [2.75, 3.05) is 13.2 Å². The molecule has 0 N–H and O–H groups in total. The highest BCUT2D eigenvalue weighted by Gasteiger charge is 2.40. The molecule has 0 spiro atoms. The molecule has 7 heteroatoms. The van der Waals surface area contributed by atoms with Crippen molar-refractivity contribution >= 4 is 23.6 Å². The summed E-state index contributed by atoms with van der Waals surface area (Å²) in [6, 6.07) is 12.0. The van der Waals surface area contributed by atoms with Crippen LogP contribution in [0.3, 0.4) is 0 Å². The molecule has 1 unspecified atom stereocenters. The minimum atomic E-state index is -0.934. The minimum absolute atomic E-state index is 0.00741. The maximum Gasteiger partial charge on any atom is 0.261 e. The van der Waals surface area contributed by atoms with Gasteiger partial charge in [-0.3, -0.25) is 29.0 Å². The summed E-state index contributed by atoms with van der Waals surface area (Å²) < 4.78 is 13.7. The Hall–Kier alpha value is -3.61. The second-order valence-electron chi connectivity index (χ2n) is 7.36. The van der Waals surface area contributed by atoms with Crippen molar-refractivity contribution in [2.45, 2.75) is 18.9 Å². The van der Waals surface area contributed by atoms with Gasteiger partial charge in [-0.2, -0.15) is 0 Å². The number of nitrogens with zero attached hydrogens (tertiary/aromatic N) is 2. The van der Waals surface area contributed by atoms with E-state index in [1.54, 1.807) is 48.5 Å². The van der Waals surface area contributed by atoms with Gasteiger partial charge in [-0.25, -0.2) is 4.39 Å². The van der Waals surface area contributed by atoms with E-state index in [2.05, 4.69) is 6.58 Å². The highest BCUT2D eigenvalue weighted by molar-refractivity contribution is 6.22. The lowest BCUT2D eigenvalue weighted by atomic mass is 10.1. The number of imide groups is 2. The third-order valence-electron chi connectivity index (χ3n) is 5.46. The molecule has 4 rings (SSSR count). The number of carbonyl (C=O) groups excluding carboxylic acids is 4. The average Bonchev–Trinajstić information content (AvgIpc) is 3.15. The van der Waals surface area contributed by atoms with Gasteiger partial charge >= 0.3 is 0 Å². The Bertz CT molecular complexity index is 1020. The van der Waals surface area contributed by atoms with E-state index in [0.29, 0.717) is 16.7 Å². The van der Waals surface area contributed by atoms with Crippen LogP contribution in [0.5, 0.6) is 0 Å².